The Hall–Kier alpha value is -1.11. The summed E-state index contributed by atoms with van der Waals surface area (Å²) >= 11 is 7.02. The topological polar surface area (TPSA) is 37.3 Å². The highest BCUT2D eigenvalue weighted by Crippen LogP contribution is 2.11. The minimum absolute atomic E-state index is 0.346. The van der Waals surface area contributed by atoms with Gasteiger partial charge < -0.3 is 5.11 Å². The molecule has 0 radical (unpaired) electrons. The van der Waals surface area contributed by atoms with E-state index in [1.807, 2.05) is 12.1 Å². The Morgan fingerprint density at radius 2 is 2.12 bits per heavy atom. The lowest BCUT2D eigenvalue weighted by atomic mass is 10.2. The molecule has 0 fully saturated rings. The molecule has 1 aromatic rings. The van der Waals surface area contributed by atoms with Gasteiger partial charge in [0.2, 0.25) is 0 Å². The molecule has 84 valence electrons. The van der Waals surface area contributed by atoms with Gasteiger partial charge in [0.25, 0.3) is 0 Å². The molecule has 0 bridgehead atoms. The lowest BCUT2D eigenvalue weighted by molar-refractivity contribution is -0.136. The van der Waals surface area contributed by atoms with E-state index in [1.54, 1.807) is 18.4 Å². The number of carboxylic acid groups (broad SMARTS) is 1. The van der Waals surface area contributed by atoms with Gasteiger partial charge in [0.15, 0.2) is 0 Å². The van der Waals surface area contributed by atoms with Gasteiger partial charge in [-0.05, 0) is 30.5 Å². The molecule has 4 heteroatoms. The summed E-state index contributed by atoms with van der Waals surface area (Å²) in [4.78, 5) is 10.7. The second kappa shape index (κ2) is 6.47. The predicted octanol–water partition coefficient (Wildman–Crippen LogP) is 2.90. The van der Waals surface area contributed by atoms with Crippen molar-refractivity contribution in [2.75, 3.05) is 6.26 Å². The van der Waals surface area contributed by atoms with Crippen LogP contribution in [0.15, 0.2) is 24.3 Å². The fourth-order valence-electron chi connectivity index (χ4n) is 1.05. The van der Waals surface area contributed by atoms with Crippen molar-refractivity contribution in [2.24, 2.45) is 0 Å². The lowest BCUT2D eigenvalue weighted by Gasteiger charge is -2.02. The Bertz CT molecular complexity index is 417. The van der Waals surface area contributed by atoms with Gasteiger partial charge in [-0.1, -0.05) is 23.4 Å². The van der Waals surface area contributed by atoms with Crippen molar-refractivity contribution in [2.45, 2.75) is 11.7 Å². The fraction of sp³-hybridized carbons (Fsp3) is 0.250. The van der Waals surface area contributed by atoms with Gasteiger partial charge in [-0.2, -0.15) is 0 Å². The first kappa shape index (κ1) is 13.0. The van der Waals surface area contributed by atoms with Crippen molar-refractivity contribution in [3.05, 3.63) is 34.9 Å². The first-order valence-corrected chi connectivity index (χ1v) is 6.30. The Balaban J connectivity index is 2.61. The van der Waals surface area contributed by atoms with Gasteiger partial charge in [0.05, 0.1) is 0 Å². The van der Waals surface area contributed by atoms with Gasteiger partial charge in [0.1, 0.15) is 5.25 Å². The first-order chi connectivity index (χ1) is 7.63. The Kier molecular flexibility index (Phi) is 5.24. The van der Waals surface area contributed by atoms with Crippen LogP contribution < -0.4 is 0 Å². The zero-order chi connectivity index (χ0) is 12.0. The van der Waals surface area contributed by atoms with Gasteiger partial charge in [-0.25, -0.2) is 0 Å². The largest absolute Gasteiger partial charge is 0.480 e. The normalized spacial score (nSPS) is 11.4. The molecule has 1 atom stereocenters. The zero-order valence-electron chi connectivity index (χ0n) is 8.74. The molecule has 0 spiro atoms. The third-order valence-corrected chi connectivity index (χ3v) is 3.11. The highest BCUT2D eigenvalue weighted by atomic mass is 35.5. The van der Waals surface area contributed by atoms with Gasteiger partial charge in [0, 0.05) is 17.0 Å². The highest BCUT2D eigenvalue weighted by molar-refractivity contribution is 7.99. The Morgan fingerprint density at radius 1 is 1.50 bits per heavy atom. The van der Waals surface area contributed by atoms with Crippen LogP contribution in [0, 0.1) is 11.8 Å². The molecule has 1 aromatic carbocycles. The van der Waals surface area contributed by atoms with E-state index in [0.29, 0.717) is 11.4 Å². The maximum Gasteiger partial charge on any atom is 0.317 e. The van der Waals surface area contributed by atoms with Crippen molar-refractivity contribution < 1.29 is 9.90 Å². The van der Waals surface area contributed by atoms with Crippen LogP contribution in [-0.2, 0) is 4.79 Å². The molecule has 0 saturated heterocycles. The van der Waals surface area contributed by atoms with Crippen LogP contribution in [0.5, 0.6) is 0 Å². The van der Waals surface area contributed by atoms with Crippen molar-refractivity contribution >= 4 is 29.3 Å². The summed E-state index contributed by atoms with van der Waals surface area (Å²) in [5.74, 6) is 4.94. The second-order valence-electron chi connectivity index (χ2n) is 3.08. The molecular weight excluding hydrogens is 244 g/mol. The fourth-order valence-corrected chi connectivity index (χ4v) is 1.63. The Labute approximate surface area is 104 Å². The van der Waals surface area contributed by atoms with E-state index in [2.05, 4.69) is 11.8 Å². The molecule has 0 aromatic heterocycles. The predicted molar refractivity (Wildman–Crippen MR) is 67.9 cm³/mol. The van der Waals surface area contributed by atoms with E-state index in [-0.39, 0.29) is 0 Å². The van der Waals surface area contributed by atoms with Crippen molar-refractivity contribution in [1.82, 2.24) is 0 Å². The smallest absolute Gasteiger partial charge is 0.317 e. The minimum Gasteiger partial charge on any atom is -0.480 e. The number of thioether (sulfide) groups is 1. The van der Waals surface area contributed by atoms with E-state index in [1.165, 1.54) is 11.8 Å². The Morgan fingerprint density at radius 3 is 2.62 bits per heavy atom. The van der Waals surface area contributed by atoms with Crippen LogP contribution in [0.4, 0.5) is 0 Å². The molecule has 0 amide bonds. The summed E-state index contributed by atoms with van der Waals surface area (Å²) < 4.78 is 0. The molecule has 1 N–H and O–H groups in total. The third-order valence-electron chi connectivity index (χ3n) is 1.92. The minimum atomic E-state index is -0.821. The molecule has 0 aliphatic rings. The number of aliphatic carboxylic acids is 1. The van der Waals surface area contributed by atoms with Crippen molar-refractivity contribution in [3.8, 4) is 11.8 Å². The number of hydrogen-bond donors (Lipinski definition) is 1. The molecule has 2 nitrogen and oxygen atoms in total. The number of rotatable bonds is 3. The summed E-state index contributed by atoms with van der Waals surface area (Å²) in [6.45, 7) is 0. The van der Waals surface area contributed by atoms with Crippen LogP contribution in [-0.4, -0.2) is 22.6 Å². The van der Waals surface area contributed by atoms with Gasteiger partial charge >= 0.3 is 5.97 Å². The van der Waals surface area contributed by atoms with E-state index >= 15 is 0 Å². The van der Waals surface area contributed by atoms with E-state index < -0.39 is 11.2 Å². The molecule has 16 heavy (non-hydrogen) atoms. The van der Waals surface area contributed by atoms with Crippen LogP contribution >= 0.6 is 23.4 Å². The summed E-state index contributed by atoms with van der Waals surface area (Å²) in [5.41, 5.74) is 0.842. The van der Waals surface area contributed by atoms with Crippen molar-refractivity contribution in [3.63, 3.8) is 0 Å². The van der Waals surface area contributed by atoms with E-state index in [0.717, 1.165) is 5.56 Å². The number of halogens is 1. The number of carbonyl (C=O) groups is 1. The molecule has 0 aliphatic carbocycles. The summed E-state index contributed by atoms with van der Waals surface area (Å²) in [6, 6.07) is 7.14. The zero-order valence-corrected chi connectivity index (χ0v) is 10.3. The molecule has 0 aliphatic heterocycles. The lowest BCUT2D eigenvalue weighted by Crippen LogP contribution is -2.14. The maximum absolute atomic E-state index is 10.7. The van der Waals surface area contributed by atoms with Gasteiger partial charge in [-0.15, -0.1) is 11.8 Å². The molecule has 1 unspecified atom stereocenters. The average Bonchev–Trinajstić information content (AvgIpc) is 2.26. The van der Waals surface area contributed by atoms with Crippen LogP contribution in [0.25, 0.3) is 0 Å². The quantitative estimate of drug-likeness (QED) is 0.843. The van der Waals surface area contributed by atoms with Crippen molar-refractivity contribution in [1.29, 1.82) is 0 Å². The maximum atomic E-state index is 10.7. The van der Waals surface area contributed by atoms with Gasteiger partial charge in [-0.3, -0.25) is 4.79 Å². The summed E-state index contributed by atoms with van der Waals surface area (Å²) in [7, 11) is 0. The summed E-state index contributed by atoms with van der Waals surface area (Å²) in [6.07, 6.45) is 2.11. The second-order valence-corrected chi connectivity index (χ2v) is 4.55. The monoisotopic (exact) mass is 254 g/mol. The molecule has 0 saturated carbocycles. The van der Waals surface area contributed by atoms with E-state index in [4.69, 9.17) is 16.7 Å². The molecule has 0 heterocycles. The van der Waals surface area contributed by atoms with E-state index in [9.17, 15) is 4.79 Å². The first-order valence-electron chi connectivity index (χ1n) is 4.63. The SMILES string of the molecule is CSC(CC#Cc1ccc(Cl)cc1)C(=O)O. The molecular formula is C12H11ClO2S. The molecule has 1 rings (SSSR count). The third kappa shape index (κ3) is 4.18. The number of hydrogen-bond acceptors (Lipinski definition) is 2. The highest BCUT2D eigenvalue weighted by Gasteiger charge is 2.13. The average molecular weight is 255 g/mol. The number of carboxylic acids is 1. The van der Waals surface area contributed by atoms with Crippen LogP contribution in [0.2, 0.25) is 5.02 Å². The number of benzene rings is 1. The van der Waals surface area contributed by atoms with Crippen LogP contribution in [0.3, 0.4) is 0 Å². The summed E-state index contributed by atoms with van der Waals surface area (Å²) in [5, 5.41) is 9.01. The standard InChI is InChI=1S/C12H11ClO2S/c1-16-11(12(14)15)4-2-3-9-5-7-10(13)8-6-9/h5-8,11H,4H2,1H3,(H,14,15). The van der Waals surface area contributed by atoms with Crippen LogP contribution in [0.1, 0.15) is 12.0 Å².